The largest absolute Gasteiger partial charge is 0.304 e. The van der Waals surface area contributed by atoms with E-state index < -0.39 is 5.91 Å². The molecule has 0 aliphatic heterocycles. The summed E-state index contributed by atoms with van der Waals surface area (Å²) in [5.41, 5.74) is 1.64. The third-order valence-electron chi connectivity index (χ3n) is 2.90. The molecule has 1 N–H and O–H groups in total. The summed E-state index contributed by atoms with van der Waals surface area (Å²) in [6, 6.07) is 5.32. The van der Waals surface area contributed by atoms with Crippen LogP contribution in [0.4, 0.5) is 5.82 Å². The van der Waals surface area contributed by atoms with Crippen LogP contribution in [0.5, 0.6) is 0 Å². The molecule has 0 spiro atoms. The van der Waals surface area contributed by atoms with Crippen molar-refractivity contribution in [3.05, 3.63) is 46.1 Å². The molecule has 3 aromatic heterocycles. The van der Waals surface area contributed by atoms with Crippen molar-refractivity contribution in [2.24, 2.45) is 0 Å². The second-order valence-corrected chi connectivity index (χ2v) is 5.31. The topological polar surface area (TPSA) is 85.1 Å². The summed E-state index contributed by atoms with van der Waals surface area (Å²) >= 11 is 3.36. The minimum Gasteiger partial charge on any atom is -0.304 e. The second-order valence-electron chi connectivity index (χ2n) is 4.45. The maximum atomic E-state index is 12.2. The van der Waals surface area contributed by atoms with Crippen LogP contribution in [-0.2, 0) is 0 Å². The van der Waals surface area contributed by atoms with E-state index in [9.17, 15) is 4.79 Å². The van der Waals surface area contributed by atoms with Gasteiger partial charge in [0, 0.05) is 16.4 Å². The summed E-state index contributed by atoms with van der Waals surface area (Å²) < 4.78 is 2.40. The van der Waals surface area contributed by atoms with E-state index in [1.165, 1.54) is 4.52 Å². The first-order valence-corrected chi connectivity index (χ1v) is 6.97. The number of hydrogen-bond acceptors (Lipinski definition) is 5. The molecule has 0 aromatic carbocycles. The Bertz CT molecular complexity index is 844. The number of carbonyl (C=O) groups is 1. The van der Waals surface area contributed by atoms with Gasteiger partial charge in [-0.25, -0.2) is 14.5 Å². The molecule has 8 heteroatoms. The normalized spacial score (nSPS) is 10.8. The van der Waals surface area contributed by atoms with E-state index in [2.05, 4.69) is 41.3 Å². The Morgan fingerprint density at radius 1 is 1.24 bits per heavy atom. The maximum absolute atomic E-state index is 12.2. The summed E-state index contributed by atoms with van der Waals surface area (Å²) in [5, 5.41) is 6.81. The van der Waals surface area contributed by atoms with Crippen LogP contribution in [0, 0.1) is 13.8 Å². The number of amides is 1. The molecule has 3 rings (SSSR count). The van der Waals surface area contributed by atoms with E-state index in [1.807, 2.05) is 19.9 Å². The second kappa shape index (κ2) is 5.21. The Labute approximate surface area is 128 Å². The summed E-state index contributed by atoms with van der Waals surface area (Å²) in [4.78, 5) is 24.6. The molecule has 0 aliphatic rings. The lowest BCUT2D eigenvalue weighted by molar-refractivity contribution is 0.101. The molecular formula is C13H11BrN6O. The third kappa shape index (κ3) is 2.62. The van der Waals surface area contributed by atoms with Crippen molar-refractivity contribution in [2.75, 3.05) is 5.32 Å². The number of aryl methyl sites for hydroxylation is 2. The van der Waals surface area contributed by atoms with Crippen LogP contribution >= 0.6 is 15.9 Å². The average molecular weight is 347 g/mol. The molecule has 21 heavy (non-hydrogen) atoms. The highest BCUT2D eigenvalue weighted by Crippen LogP contribution is 2.16. The fraction of sp³-hybridized carbons (Fsp3) is 0.154. The molecule has 3 aromatic rings. The van der Waals surface area contributed by atoms with Gasteiger partial charge < -0.3 is 5.32 Å². The Hall–Kier alpha value is -2.35. The zero-order valence-electron chi connectivity index (χ0n) is 11.3. The lowest BCUT2D eigenvalue weighted by Crippen LogP contribution is -2.15. The Morgan fingerprint density at radius 3 is 2.76 bits per heavy atom. The Morgan fingerprint density at radius 2 is 2.05 bits per heavy atom. The molecule has 0 radical (unpaired) electrons. The first-order chi connectivity index (χ1) is 10.0. The lowest BCUT2D eigenvalue weighted by atomic mass is 10.3. The number of nitrogens with one attached hydrogen (secondary N) is 1. The van der Waals surface area contributed by atoms with Crippen LogP contribution in [0.2, 0.25) is 0 Å². The van der Waals surface area contributed by atoms with Crippen molar-refractivity contribution in [3.8, 4) is 0 Å². The summed E-state index contributed by atoms with van der Waals surface area (Å²) in [5.74, 6) is 0.470. The van der Waals surface area contributed by atoms with Gasteiger partial charge in [0.15, 0.2) is 0 Å². The van der Waals surface area contributed by atoms with E-state index in [1.54, 1.807) is 18.3 Å². The van der Waals surface area contributed by atoms with Crippen molar-refractivity contribution >= 4 is 33.4 Å². The zero-order valence-corrected chi connectivity index (χ0v) is 12.9. The Balaban J connectivity index is 1.90. The fourth-order valence-corrected chi connectivity index (χ4v) is 2.01. The van der Waals surface area contributed by atoms with E-state index in [4.69, 9.17) is 0 Å². The smallest absolute Gasteiger partial charge is 0.296 e. The SMILES string of the molecule is Cc1nc(NC(=O)c2nc3nccc(C)n3n2)ccc1Br. The first kappa shape index (κ1) is 13.6. The minimum absolute atomic E-state index is 0.0548. The molecule has 7 nitrogen and oxygen atoms in total. The molecule has 0 saturated carbocycles. The number of carbonyl (C=O) groups excluding carboxylic acids is 1. The number of aromatic nitrogens is 5. The van der Waals surface area contributed by atoms with Gasteiger partial charge >= 0.3 is 0 Å². The van der Waals surface area contributed by atoms with Gasteiger partial charge in [0.1, 0.15) is 5.82 Å². The highest BCUT2D eigenvalue weighted by atomic mass is 79.9. The van der Waals surface area contributed by atoms with Gasteiger partial charge in [-0.15, -0.1) is 5.10 Å². The quantitative estimate of drug-likeness (QED) is 0.768. The Kier molecular flexibility index (Phi) is 3.38. The number of hydrogen-bond donors (Lipinski definition) is 1. The molecule has 0 atom stereocenters. The van der Waals surface area contributed by atoms with Gasteiger partial charge in [-0.3, -0.25) is 4.79 Å². The third-order valence-corrected chi connectivity index (χ3v) is 3.73. The zero-order chi connectivity index (χ0) is 15.0. The van der Waals surface area contributed by atoms with Crippen molar-refractivity contribution in [3.63, 3.8) is 0 Å². The monoisotopic (exact) mass is 346 g/mol. The molecule has 0 aliphatic carbocycles. The molecule has 0 fully saturated rings. The molecule has 0 bridgehead atoms. The number of pyridine rings is 1. The van der Waals surface area contributed by atoms with Crippen LogP contribution in [-0.4, -0.2) is 30.5 Å². The summed E-state index contributed by atoms with van der Waals surface area (Å²) in [6.45, 7) is 3.71. The van der Waals surface area contributed by atoms with Gasteiger partial charge in [0.05, 0.1) is 5.69 Å². The lowest BCUT2D eigenvalue weighted by Gasteiger charge is -2.03. The van der Waals surface area contributed by atoms with E-state index in [0.29, 0.717) is 11.6 Å². The van der Waals surface area contributed by atoms with Crippen molar-refractivity contribution in [2.45, 2.75) is 13.8 Å². The standard InChI is InChI=1S/C13H11BrN6O/c1-7-5-6-15-13-18-11(19-20(7)13)12(21)17-10-4-3-9(14)8(2)16-10/h3-6H,1-2H3,(H,16,17,21). The van der Waals surface area contributed by atoms with Gasteiger partial charge in [0.2, 0.25) is 5.82 Å². The van der Waals surface area contributed by atoms with Crippen LogP contribution in [0.3, 0.4) is 0 Å². The first-order valence-electron chi connectivity index (χ1n) is 6.17. The molecular weight excluding hydrogens is 336 g/mol. The number of anilines is 1. The summed E-state index contributed by atoms with van der Waals surface area (Å²) in [6.07, 6.45) is 1.63. The predicted molar refractivity (Wildman–Crippen MR) is 80.1 cm³/mol. The van der Waals surface area contributed by atoms with Crippen molar-refractivity contribution < 1.29 is 4.79 Å². The summed E-state index contributed by atoms with van der Waals surface area (Å²) in [7, 11) is 0. The van der Waals surface area contributed by atoms with Gasteiger partial charge in [0.25, 0.3) is 11.7 Å². The van der Waals surface area contributed by atoms with Crippen LogP contribution < -0.4 is 5.32 Å². The van der Waals surface area contributed by atoms with E-state index >= 15 is 0 Å². The van der Waals surface area contributed by atoms with E-state index in [0.717, 1.165) is 15.9 Å². The molecule has 3 heterocycles. The highest BCUT2D eigenvalue weighted by Gasteiger charge is 2.15. The van der Waals surface area contributed by atoms with Crippen LogP contribution in [0.15, 0.2) is 28.9 Å². The van der Waals surface area contributed by atoms with Gasteiger partial charge in [-0.1, -0.05) is 0 Å². The maximum Gasteiger partial charge on any atom is 0.296 e. The molecule has 1 amide bonds. The van der Waals surface area contributed by atoms with Crippen molar-refractivity contribution in [1.29, 1.82) is 0 Å². The number of fused-ring (bicyclic) bond motifs is 1. The van der Waals surface area contributed by atoms with Gasteiger partial charge in [-0.05, 0) is 48.0 Å². The number of halogens is 1. The minimum atomic E-state index is -0.422. The molecule has 0 unspecified atom stereocenters. The highest BCUT2D eigenvalue weighted by molar-refractivity contribution is 9.10. The number of rotatable bonds is 2. The van der Waals surface area contributed by atoms with Gasteiger partial charge in [-0.2, -0.15) is 4.98 Å². The molecule has 0 saturated heterocycles. The number of nitrogens with zero attached hydrogens (tertiary/aromatic N) is 5. The fourth-order valence-electron chi connectivity index (χ4n) is 1.79. The average Bonchev–Trinajstić information content (AvgIpc) is 2.89. The van der Waals surface area contributed by atoms with E-state index in [-0.39, 0.29) is 5.82 Å². The van der Waals surface area contributed by atoms with Crippen molar-refractivity contribution in [1.82, 2.24) is 24.6 Å². The molecule has 106 valence electrons. The predicted octanol–water partition coefficient (Wildman–Crippen LogP) is 2.15. The van der Waals surface area contributed by atoms with Crippen LogP contribution in [0.1, 0.15) is 22.0 Å². The van der Waals surface area contributed by atoms with Crippen LogP contribution in [0.25, 0.3) is 5.78 Å².